The number of hydrogen-bond acceptors (Lipinski definition) is 8. The summed E-state index contributed by atoms with van der Waals surface area (Å²) in [6.45, 7) is 0.0750. The largest absolute Gasteiger partial charge is 0.480 e. The van der Waals surface area contributed by atoms with Gasteiger partial charge in [0.1, 0.15) is 12.1 Å². The summed E-state index contributed by atoms with van der Waals surface area (Å²) in [5.74, 6) is -4.52. The Balaban J connectivity index is 4.77. The lowest BCUT2D eigenvalue weighted by Gasteiger charge is -2.20. The summed E-state index contributed by atoms with van der Waals surface area (Å²) in [7, 11) is 0. The highest BCUT2D eigenvalue weighted by atomic mass is 16.4. The van der Waals surface area contributed by atoms with Gasteiger partial charge in [0.05, 0.1) is 19.0 Å². The average Bonchev–Trinajstić information content (AvgIpc) is 2.73. The van der Waals surface area contributed by atoms with Crippen LogP contribution in [0.3, 0.4) is 0 Å². The Morgan fingerprint density at radius 1 is 0.879 bits per heavy atom. The second-order valence-corrected chi connectivity index (χ2v) is 7.25. The van der Waals surface area contributed by atoms with Gasteiger partial charge in [0.2, 0.25) is 23.6 Å². The Labute approximate surface area is 191 Å². The SMILES string of the molecule is NCCCCC(NC(=O)CNC(=O)C(CC(N)=O)NC(=O)C(N)CCCN=C(N)N)C(=O)O. The highest BCUT2D eigenvalue weighted by molar-refractivity contribution is 5.95. The number of carboxylic acids is 1. The van der Waals surface area contributed by atoms with E-state index in [4.69, 9.17) is 28.7 Å². The van der Waals surface area contributed by atoms with Crippen LogP contribution in [0.1, 0.15) is 38.5 Å². The molecule has 0 aromatic carbocycles. The Morgan fingerprint density at radius 3 is 2.09 bits per heavy atom. The zero-order valence-corrected chi connectivity index (χ0v) is 18.4. The lowest BCUT2D eigenvalue weighted by molar-refractivity contribution is -0.142. The summed E-state index contributed by atoms with van der Waals surface area (Å²) in [4.78, 5) is 62.9. The summed E-state index contributed by atoms with van der Waals surface area (Å²) in [6.07, 6.45) is 1.34. The van der Waals surface area contributed by atoms with Crippen molar-refractivity contribution in [2.75, 3.05) is 19.6 Å². The molecule has 0 saturated carbocycles. The smallest absolute Gasteiger partial charge is 0.326 e. The third-order valence-corrected chi connectivity index (χ3v) is 4.35. The maximum atomic E-state index is 12.4. The number of hydrogen-bond donors (Lipinski definition) is 9. The summed E-state index contributed by atoms with van der Waals surface area (Å²) in [5.41, 5.74) is 26.7. The van der Waals surface area contributed by atoms with Gasteiger partial charge in [-0.25, -0.2) is 4.79 Å². The van der Waals surface area contributed by atoms with Crippen LogP contribution in [-0.2, 0) is 24.0 Å². The molecule has 4 amide bonds. The van der Waals surface area contributed by atoms with E-state index in [-0.39, 0.29) is 25.3 Å². The highest BCUT2D eigenvalue weighted by Crippen LogP contribution is 2.01. The summed E-state index contributed by atoms with van der Waals surface area (Å²) >= 11 is 0. The molecule has 0 saturated heterocycles. The van der Waals surface area contributed by atoms with Crippen LogP contribution in [0.5, 0.6) is 0 Å². The number of unbranched alkanes of at least 4 members (excludes halogenated alkanes) is 1. The van der Waals surface area contributed by atoms with Crippen molar-refractivity contribution in [3.8, 4) is 0 Å². The molecule has 0 aromatic heterocycles. The molecule has 0 aromatic rings. The number of aliphatic imine (C=N–C) groups is 1. The van der Waals surface area contributed by atoms with E-state index < -0.39 is 60.7 Å². The number of nitrogens with zero attached hydrogens (tertiary/aromatic N) is 1. The van der Waals surface area contributed by atoms with Crippen LogP contribution in [0.15, 0.2) is 4.99 Å². The van der Waals surface area contributed by atoms with Gasteiger partial charge in [-0.1, -0.05) is 0 Å². The molecular weight excluding hydrogens is 438 g/mol. The van der Waals surface area contributed by atoms with Crippen molar-refractivity contribution in [3.05, 3.63) is 0 Å². The lowest BCUT2D eigenvalue weighted by atomic mass is 10.1. The molecule has 0 radical (unpaired) electrons. The van der Waals surface area contributed by atoms with Crippen LogP contribution >= 0.6 is 0 Å². The minimum absolute atomic E-state index is 0.0968. The number of carbonyl (C=O) groups excluding carboxylic acids is 4. The molecular formula is C18H35N9O6. The fourth-order valence-corrected chi connectivity index (χ4v) is 2.63. The number of amides is 4. The molecule has 0 bridgehead atoms. The summed E-state index contributed by atoms with van der Waals surface area (Å²) in [5, 5.41) is 16.0. The van der Waals surface area contributed by atoms with E-state index >= 15 is 0 Å². The van der Waals surface area contributed by atoms with E-state index in [2.05, 4.69) is 20.9 Å². The van der Waals surface area contributed by atoms with Crippen LogP contribution in [0, 0.1) is 0 Å². The van der Waals surface area contributed by atoms with E-state index in [9.17, 15) is 29.1 Å². The second-order valence-electron chi connectivity index (χ2n) is 7.25. The second kappa shape index (κ2) is 16.2. The van der Waals surface area contributed by atoms with Crippen molar-refractivity contribution in [2.45, 2.75) is 56.7 Å². The van der Waals surface area contributed by atoms with Crippen LogP contribution < -0.4 is 44.6 Å². The molecule has 0 heterocycles. The zero-order valence-electron chi connectivity index (χ0n) is 18.4. The zero-order chi connectivity index (χ0) is 25.4. The Bertz CT molecular complexity index is 712. The maximum absolute atomic E-state index is 12.4. The highest BCUT2D eigenvalue weighted by Gasteiger charge is 2.26. The molecule has 14 N–H and O–H groups in total. The number of rotatable bonds is 17. The van der Waals surface area contributed by atoms with Gasteiger partial charge in [-0.15, -0.1) is 0 Å². The number of guanidine groups is 1. The minimum atomic E-state index is -1.37. The van der Waals surface area contributed by atoms with E-state index in [1.54, 1.807) is 0 Å². The van der Waals surface area contributed by atoms with Gasteiger partial charge in [0.15, 0.2) is 5.96 Å². The van der Waals surface area contributed by atoms with Gasteiger partial charge in [-0.05, 0) is 38.6 Å². The fraction of sp³-hybridized carbons (Fsp3) is 0.667. The molecule has 0 spiro atoms. The first-order chi connectivity index (χ1) is 15.5. The standard InChI is InChI=1S/C18H35N9O6/c19-6-2-1-5-11(17(32)33)26-14(29)9-25-16(31)12(8-13(21)28)27-15(30)10(20)4-3-7-24-18(22)23/h10-12H,1-9,19-20H2,(H2,21,28)(H,25,31)(H,26,29)(H,27,30)(H,32,33)(H4,22,23,24). The Hall–Kier alpha value is -3.46. The van der Waals surface area contributed by atoms with Gasteiger partial charge in [-0.3, -0.25) is 24.2 Å². The average molecular weight is 474 g/mol. The molecule has 33 heavy (non-hydrogen) atoms. The van der Waals surface area contributed by atoms with Crippen molar-refractivity contribution < 1.29 is 29.1 Å². The Kier molecular flexibility index (Phi) is 14.5. The van der Waals surface area contributed by atoms with Crippen molar-refractivity contribution in [3.63, 3.8) is 0 Å². The molecule has 15 nitrogen and oxygen atoms in total. The van der Waals surface area contributed by atoms with Gasteiger partial charge in [-0.2, -0.15) is 0 Å². The fourth-order valence-electron chi connectivity index (χ4n) is 2.63. The van der Waals surface area contributed by atoms with Crippen LogP contribution in [-0.4, -0.2) is 78.4 Å². The quantitative estimate of drug-likeness (QED) is 0.0554. The first-order valence-corrected chi connectivity index (χ1v) is 10.4. The number of nitrogens with one attached hydrogen (secondary N) is 3. The topological polar surface area (TPSA) is 284 Å². The van der Waals surface area contributed by atoms with Crippen LogP contribution in [0.4, 0.5) is 0 Å². The normalized spacial score (nSPS) is 13.2. The summed E-state index contributed by atoms with van der Waals surface area (Å²) < 4.78 is 0. The van der Waals surface area contributed by atoms with Gasteiger partial charge >= 0.3 is 5.97 Å². The number of carbonyl (C=O) groups is 5. The third-order valence-electron chi connectivity index (χ3n) is 4.35. The number of carboxylic acid groups (broad SMARTS) is 1. The van der Waals surface area contributed by atoms with Gasteiger partial charge < -0.3 is 49.7 Å². The van der Waals surface area contributed by atoms with Crippen molar-refractivity contribution in [2.24, 2.45) is 33.7 Å². The number of nitrogens with two attached hydrogens (primary N) is 5. The molecule has 0 rings (SSSR count). The molecule has 0 aliphatic heterocycles. The Morgan fingerprint density at radius 2 is 1.55 bits per heavy atom. The van der Waals surface area contributed by atoms with E-state index in [1.165, 1.54) is 0 Å². The van der Waals surface area contributed by atoms with Crippen molar-refractivity contribution >= 4 is 35.6 Å². The first-order valence-electron chi connectivity index (χ1n) is 10.4. The number of primary amides is 1. The molecule has 3 atom stereocenters. The molecule has 188 valence electrons. The molecule has 0 aliphatic carbocycles. The van der Waals surface area contributed by atoms with E-state index in [1.807, 2.05) is 0 Å². The molecule has 15 heteroatoms. The monoisotopic (exact) mass is 473 g/mol. The van der Waals surface area contributed by atoms with Gasteiger partial charge in [0, 0.05) is 6.54 Å². The lowest BCUT2D eigenvalue weighted by Crippen LogP contribution is -2.54. The van der Waals surface area contributed by atoms with Crippen molar-refractivity contribution in [1.82, 2.24) is 16.0 Å². The molecule has 3 unspecified atom stereocenters. The maximum Gasteiger partial charge on any atom is 0.326 e. The molecule has 0 aliphatic rings. The first kappa shape index (κ1) is 29.5. The van der Waals surface area contributed by atoms with E-state index in [0.717, 1.165) is 0 Å². The number of aliphatic carboxylic acids is 1. The van der Waals surface area contributed by atoms with Crippen LogP contribution in [0.25, 0.3) is 0 Å². The van der Waals surface area contributed by atoms with Gasteiger partial charge in [0.25, 0.3) is 0 Å². The molecule has 0 fully saturated rings. The van der Waals surface area contributed by atoms with E-state index in [0.29, 0.717) is 25.8 Å². The third kappa shape index (κ3) is 14.3. The van der Waals surface area contributed by atoms with Crippen molar-refractivity contribution in [1.29, 1.82) is 0 Å². The van der Waals surface area contributed by atoms with Crippen LogP contribution in [0.2, 0.25) is 0 Å². The predicted octanol–water partition coefficient (Wildman–Crippen LogP) is -4.46. The summed E-state index contributed by atoms with van der Waals surface area (Å²) in [6, 6.07) is -3.51. The predicted molar refractivity (Wildman–Crippen MR) is 119 cm³/mol. The minimum Gasteiger partial charge on any atom is -0.480 e.